The Labute approximate surface area is 319 Å². The average Bonchev–Trinajstić information content (AvgIpc) is 3.03. The fourth-order valence-electron chi connectivity index (χ4n) is 2.10. The fourth-order valence-corrected chi connectivity index (χ4v) is 13.8. The van der Waals surface area contributed by atoms with Crippen LogP contribution in [0.1, 0.15) is 0 Å². The van der Waals surface area contributed by atoms with Crippen molar-refractivity contribution in [3.63, 3.8) is 0 Å². The molecule has 0 rings (SSSR count). The van der Waals surface area contributed by atoms with E-state index in [1.54, 1.807) is 82.3 Å². The Morgan fingerprint density at radius 2 is 1.13 bits per heavy atom. The zero-order valence-corrected chi connectivity index (χ0v) is 35.2. The number of carbonyl (C=O) groups is 2. The number of hydrogen-bond acceptors (Lipinski definition) is 19. The second-order valence-corrected chi connectivity index (χ2v) is 23.2. The topological polar surface area (TPSA) is 158 Å². The summed E-state index contributed by atoms with van der Waals surface area (Å²) in [6, 6.07) is 0. The minimum Gasteiger partial charge on any atom is -0.396 e. The molecule has 0 aliphatic rings. The summed E-state index contributed by atoms with van der Waals surface area (Å²) in [6.45, 7) is 0.168. The molecule has 0 radical (unpaired) electrons. The van der Waals surface area contributed by atoms with Crippen molar-refractivity contribution >= 4 is 173 Å². The summed E-state index contributed by atoms with van der Waals surface area (Å²) in [6.07, 6.45) is 0. The van der Waals surface area contributed by atoms with Crippen LogP contribution >= 0.6 is 129 Å². The SMILES string of the molecule is O=C(NCSCSCN=CS(=O)CCSCSCCSC(=O)NCSCSCN=CS(=O)CSCSCO)SCCSCCO. The summed E-state index contributed by atoms with van der Waals surface area (Å²) in [5.41, 5.74) is 2.99. The van der Waals surface area contributed by atoms with E-state index >= 15 is 0 Å². The summed E-state index contributed by atoms with van der Waals surface area (Å²) in [4.78, 5) is 32.0. The highest BCUT2D eigenvalue weighted by Gasteiger charge is 2.03. The number of thioether (sulfide) groups is 11. The predicted molar refractivity (Wildman–Crippen MR) is 226 cm³/mol. The van der Waals surface area contributed by atoms with Crippen LogP contribution in [0.3, 0.4) is 0 Å². The number of rotatable bonds is 32. The van der Waals surface area contributed by atoms with Crippen molar-refractivity contribution in [2.24, 2.45) is 9.98 Å². The van der Waals surface area contributed by atoms with Gasteiger partial charge in [0.15, 0.2) is 0 Å². The monoisotopic (exact) mass is 874 g/mol. The summed E-state index contributed by atoms with van der Waals surface area (Å²) >= 11 is 17.0. The third kappa shape index (κ3) is 39.0. The molecule has 0 fully saturated rings. The van der Waals surface area contributed by atoms with E-state index in [1.807, 2.05) is 0 Å². The Morgan fingerprint density at radius 3 is 1.73 bits per heavy atom. The summed E-state index contributed by atoms with van der Waals surface area (Å²) in [5, 5.41) is 26.7. The third-order valence-electron chi connectivity index (χ3n) is 3.90. The minimum atomic E-state index is -1.09. The summed E-state index contributed by atoms with van der Waals surface area (Å²) in [7, 11) is -2.16. The lowest BCUT2D eigenvalue weighted by Crippen LogP contribution is -2.18. The van der Waals surface area contributed by atoms with Crippen LogP contribution in [0.15, 0.2) is 9.98 Å². The molecule has 0 saturated carbocycles. The van der Waals surface area contributed by atoms with Crippen molar-refractivity contribution in [1.82, 2.24) is 10.6 Å². The van der Waals surface area contributed by atoms with Gasteiger partial charge in [-0.15, -0.1) is 70.6 Å². The number of nitrogens with zero attached hydrogens (tertiary/aromatic N) is 2. The molecule has 0 aromatic rings. The van der Waals surface area contributed by atoms with Crippen LogP contribution in [0, 0.1) is 0 Å². The van der Waals surface area contributed by atoms with Gasteiger partial charge >= 0.3 is 0 Å². The van der Waals surface area contributed by atoms with Crippen LogP contribution in [-0.2, 0) is 21.6 Å². The molecule has 0 saturated heterocycles. The lowest BCUT2D eigenvalue weighted by molar-refractivity contribution is 0.261. The van der Waals surface area contributed by atoms with Gasteiger partial charge < -0.3 is 20.8 Å². The standard InChI is InChI=1S/C22H42N4O6S13/c27-1-2-33-3-5-42-21(29)25-11-38-17-36-9-23-13-44(31)8-7-35-16-34-4-6-43-22(30)26-12-39-18-37-10-24-14-45(32)20-41-19-40-15-28/h13-14,27-28H,1-12,15-20H2,(H,25,29)(H,26,30). The maximum absolute atomic E-state index is 12.0. The number of carbonyl (C=O) groups excluding carboxylic acids is 2. The van der Waals surface area contributed by atoms with Crippen LogP contribution in [0.2, 0.25) is 0 Å². The third-order valence-corrected chi connectivity index (χ3v) is 18.1. The van der Waals surface area contributed by atoms with Crippen molar-refractivity contribution in [3.8, 4) is 0 Å². The van der Waals surface area contributed by atoms with E-state index in [1.165, 1.54) is 58.1 Å². The van der Waals surface area contributed by atoms with Crippen molar-refractivity contribution in [2.45, 2.75) is 0 Å². The normalized spacial score (nSPS) is 13.0. The lowest BCUT2D eigenvalue weighted by Gasteiger charge is -2.04. The summed E-state index contributed by atoms with van der Waals surface area (Å²) < 4.78 is 23.7. The van der Waals surface area contributed by atoms with E-state index in [2.05, 4.69) is 20.6 Å². The molecule has 0 aromatic heterocycles. The number of amides is 2. The largest absolute Gasteiger partial charge is 0.396 e. The Balaban J connectivity index is 3.45. The van der Waals surface area contributed by atoms with Gasteiger partial charge in [-0.2, -0.15) is 35.3 Å². The molecule has 2 unspecified atom stereocenters. The van der Waals surface area contributed by atoms with Crippen LogP contribution < -0.4 is 10.6 Å². The van der Waals surface area contributed by atoms with Crippen molar-refractivity contribution in [1.29, 1.82) is 0 Å². The van der Waals surface area contributed by atoms with Gasteiger partial charge in [-0.05, 0) is 0 Å². The smallest absolute Gasteiger partial charge is 0.279 e. The van der Waals surface area contributed by atoms with Crippen LogP contribution in [-0.4, -0.2) is 142 Å². The molecule has 4 N–H and O–H groups in total. The van der Waals surface area contributed by atoms with Crippen LogP contribution in [0.25, 0.3) is 0 Å². The van der Waals surface area contributed by atoms with E-state index in [4.69, 9.17) is 10.2 Å². The molecule has 0 heterocycles. The van der Waals surface area contributed by atoms with Gasteiger partial charge in [-0.3, -0.25) is 28.0 Å². The molecular weight excluding hydrogens is 833 g/mol. The van der Waals surface area contributed by atoms with Crippen LogP contribution in [0.4, 0.5) is 9.59 Å². The number of aliphatic hydroxyl groups excluding tert-OH is 2. The van der Waals surface area contributed by atoms with E-state index in [0.29, 0.717) is 45.2 Å². The van der Waals surface area contributed by atoms with Gasteiger partial charge in [0, 0.05) is 60.6 Å². The van der Waals surface area contributed by atoms with Crippen molar-refractivity contribution < 1.29 is 28.2 Å². The maximum atomic E-state index is 12.0. The number of nitrogens with one attached hydrogen (secondary N) is 2. The fraction of sp³-hybridized carbons (Fsp3) is 0.818. The van der Waals surface area contributed by atoms with Crippen molar-refractivity contribution in [3.05, 3.63) is 0 Å². The quantitative estimate of drug-likeness (QED) is 0.0287. The predicted octanol–water partition coefficient (Wildman–Crippen LogP) is 5.58. The summed E-state index contributed by atoms with van der Waals surface area (Å²) in [5.74, 6) is 7.51. The lowest BCUT2D eigenvalue weighted by atomic mass is 10.9. The molecule has 0 aliphatic carbocycles. The molecule has 0 spiro atoms. The Bertz CT molecular complexity index is 836. The number of aliphatic hydroxyl groups is 2. The second kappa shape index (κ2) is 39.1. The molecule has 10 nitrogen and oxygen atoms in total. The van der Waals surface area contributed by atoms with Crippen LogP contribution in [0.5, 0.6) is 0 Å². The highest BCUT2D eigenvalue weighted by atomic mass is 32.2. The van der Waals surface area contributed by atoms with Gasteiger partial charge in [-0.1, -0.05) is 23.5 Å². The molecule has 0 bridgehead atoms. The maximum Gasteiger partial charge on any atom is 0.279 e. The highest BCUT2D eigenvalue weighted by Crippen LogP contribution is 2.16. The molecular formula is C22H42N4O6S13. The number of aliphatic imine (C=N–C) groups is 2. The van der Waals surface area contributed by atoms with Gasteiger partial charge in [-0.25, -0.2) is 0 Å². The number of hydrogen-bond donors (Lipinski definition) is 4. The average molecular weight is 875 g/mol. The zero-order valence-electron chi connectivity index (χ0n) is 24.6. The molecule has 264 valence electrons. The second-order valence-electron chi connectivity index (χ2n) is 7.31. The van der Waals surface area contributed by atoms with E-state index in [0.717, 1.165) is 44.0 Å². The Kier molecular flexibility index (Phi) is 41.2. The highest BCUT2D eigenvalue weighted by molar-refractivity contribution is 8.22. The van der Waals surface area contributed by atoms with E-state index < -0.39 is 21.6 Å². The van der Waals surface area contributed by atoms with Gasteiger partial charge in [0.25, 0.3) is 10.5 Å². The Morgan fingerprint density at radius 1 is 0.600 bits per heavy atom. The first-order valence-corrected chi connectivity index (χ1v) is 28.1. The first-order valence-electron chi connectivity index (χ1n) is 13.0. The molecule has 23 heteroatoms. The minimum absolute atomic E-state index is 0.0280. The van der Waals surface area contributed by atoms with Gasteiger partial charge in [0.1, 0.15) is 0 Å². The molecule has 0 aliphatic heterocycles. The van der Waals surface area contributed by atoms with E-state index in [-0.39, 0.29) is 23.0 Å². The molecule has 0 aromatic carbocycles. The van der Waals surface area contributed by atoms with Crippen molar-refractivity contribution in [2.75, 3.05) is 102 Å². The first-order chi connectivity index (χ1) is 22.0. The molecule has 2 atom stereocenters. The zero-order chi connectivity index (χ0) is 33.1. The van der Waals surface area contributed by atoms with Gasteiger partial charge in [0.2, 0.25) is 0 Å². The first kappa shape index (κ1) is 47.4. The van der Waals surface area contributed by atoms with Gasteiger partial charge in [0.05, 0.1) is 73.8 Å². The van der Waals surface area contributed by atoms with E-state index in [9.17, 15) is 18.0 Å². The Hall–Kier alpha value is 2.35. The molecule has 45 heavy (non-hydrogen) atoms. The molecule has 2 amide bonds.